The summed E-state index contributed by atoms with van der Waals surface area (Å²) in [6.07, 6.45) is 0.190. The van der Waals surface area contributed by atoms with Crippen LogP contribution in [0, 0.1) is 0 Å². The van der Waals surface area contributed by atoms with Crippen LogP contribution in [0.2, 0.25) is 0 Å². The fourth-order valence-corrected chi connectivity index (χ4v) is 1.50. The van der Waals surface area contributed by atoms with Crippen LogP contribution >= 0.6 is 0 Å². The average molecular weight is 204 g/mol. The molecule has 0 amide bonds. The van der Waals surface area contributed by atoms with Gasteiger partial charge in [0.1, 0.15) is 5.76 Å². The fraction of sp³-hybridized carbons (Fsp3) is 0.667. The molecule has 0 aliphatic carbocycles. The van der Waals surface area contributed by atoms with Gasteiger partial charge in [0, 0.05) is 6.61 Å². The molecule has 0 saturated carbocycles. The Balaban J connectivity index is 0. The molecule has 1 N–H and O–H groups in total. The van der Waals surface area contributed by atoms with Crippen LogP contribution in [-0.2, 0) is 14.3 Å². The predicted molar refractivity (Wildman–Crippen MR) is 48.5 cm³/mol. The molecule has 0 aromatic rings. The third-order valence-corrected chi connectivity index (χ3v) is 2.15. The number of rotatable bonds is 5. The first kappa shape index (κ1) is 14.9. The molecule has 0 saturated heterocycles. The van der Waals surface area contributed by atoms with Gasteiger partial charge >= 0.3 is 39.7 Å². The zero-order chi connectivity index (χ0) is 8.91. The molecule has 4 nitrogen and oxygen atoms in total. The van der Waals surface area contributed by atoms with Crippen molar-refractivity contribution in [2.24, 2.45) is 0 Å². The first-order valence-electron chi connectivity index (χ1n) is 3.16. The quantitative estimate of drug-likeness (QED) is 0.376. The molecular weight excluding hydrogens is 191 g/mol. The normalized spacial score (nSPS) is 10.2. The van der Waals surface area contributed by atoms with Gasteiger partial charge in [0.15, 0.2) is 0 Å². The monoisotopic (exact) mass is 204 g/mol. The minimum absolute atomic E-state index is 0. The van der Waals surface area contributed by atoms with E-state index in [2.05, 4.69) is 10.8 Å². The summed E-state index contributed by atoms with van der Waals surface area (Å²) in [5.74, 6) is -0.0287. The SMILES string of the molecule is C=C(C)OS(=O)(=O)CCCO.[NaH]. The second kappa shape index (κ2) is 6.91. The van der Waals surface area contributed by atoms with E-state index in [0.717, 1.165) is 0 Å². The van der Waals surface area contributed by atoms with Gasteiger partial charge in [0.25, 0.3) is 0 Å². The van der Waals surface area contributed by atoms with E-state index in [1.54, 1.807) is 0 Å². The van der Waals surface area contributed by atoms with Gasteiger partial charge in [-0.2, -0.15) is 8.42 Å². The Morgan fingerprint density at radius 3 is 2.42 bits per heavy atom. The minimum atomic E-state index is -3.50. The maximum absolute atomic E-state index is 10.8. The van der Waals surface area contributed by atoms with E-state index in [1.807, 2.05) is 0 Å². The molecule has 6 heteroatoms. The van der Waals surface area contributed by atoms with Gasteiger partial charge in [0.2, 0.25) is 0 Å². The van der Waals surface area contributed by atoms with Gasteiger partial charge in [-0.1, -0.05) is 6.58 Å². The average Bonchev–Trinajstić information content (AvgIpc) is 1.81. The predicted octanol–water partition coefficient (Wildman–Crippen LogP) is -0.400. The number of aliphatic hydroxyl groups excluding tert-OH is 1. The van der Waals surface area contributed by atoms with E-state index < -0.39 is 10.1 Å². The van der Waals surface area contributed by atoms with Crippen LogP contribution in [0.1, 0.15) is 13.3 Å². The van der Waals surface area contributed by atoms with Crippen molar-refractivity contribution in [3.05, 3.63) is 12.3 Å². The number of allylic oxidation sites excluding steroid dienone is 1. The van der Waals surface area contributed by atoms with Crippen molar-refractivity contribution in [2.75, 3.05) is 12.4 Å². The van der Waals surface area contributed by atoms with E-state index in [4.69, 9.17) is 5.11 Å². The molecule has 12 heavy (non-hydrogen) atoms. The molecular formula is C6H13NaO4S. The van der Waals surface area contributed by atoms with E-state index >= 15 is 0 Å². The zero-order valence-corrected chi connectivity index (χ0v) is 7.23. The first-order chi connectivity index (χ1) is 4.98. The van der Waals surface area contributed by atoms with Crippen molar-refractivity contribution in [3.63, 3.8) is 0 Å². The molecule has 0 bridgehead atoms. The fourth-order valence-electron chi connectivity index (χ4n) is 0.500. The van der Waals surface area contributed by atoms with Gasteiger partial charge < -0.3 is 9.29 Å². The van der Waals surface area contributed by atoms with Gasteiger partial charge in [0.05, 0.1) is 5.75 Å². The molecule has 0 aromatic heterocycles. The van der Waals surface area contributed by atoms with E-state index in [1.165, 1.54) is 6.92 Å². The van der Waals surface area contributed by atoms with Crippen molar-refractivity contribution in [2.45, 2.75) is 13.3 Å². The molecule has 0 heterocycles. The van der Waals surface area contributed by atoms with Crippen LogP contribution in [0.25, 0.3) is 0 Å². The number of aliphatic hydroxyl groups is 1. The van der Waals surface area contributed by atoms with Crippen molar-refractivity contribution in [1.29, 1.82) is 0 Å². The molecule has 0 aliphatic heterocycles. The Kier molecular flexibility index (Phi) is 8.61. The summed E-state index contributed by atoms with van der Waals surface area (Å²) in [6, 6.07) is 0. The molecule has 0 rings (SSSR count). The van der Waals surface area contributed by atoms with Crippen molar-refractivity contribution >= 4 is 39.7 Å². The molecule has 0 spiro atoms. The van der Waals surface area contributed by atoms with E-state index in [0.29, 0.717) is 0 Å². The number of hydrogen-bond donors (Lipinski definition) is 1. The third kappa shape index (κ3) is 8.55. The molecule has 0 atom stereocenters. The molecule has 68 valence electrons. The van der Waals surface area contributed by atoms with Crippen molar-refractivity contribution in [3.8, 4) is 0 Å². The van der Waals surface area contributed by atoms with Crippen LogP contribution in [0.4, 0.5) is 0 Å². The maximum atomic E-state index is 10.8. The van der Waals surface area contributed by atoms with Gasteiger partial charge in [-0.25, -0.2) is 0 Å². The van der Waals surface area contributed by atoms with Crippen LogP contribution in [0.3, 0.4) is 0 Å². The Bertz CT molecular complexity index is 222. The van der Waals surface area contributed by atoms with Gasteiger partial charge in [-0.05, 0) is 13.3 Å². The van der Waals surface area contributed by atoms with Crippen LogP contribution in [-0.4, -0.2) is 55.4 Å². The summed E-state index contributed by atoms with van der Waals surface area (Å²) >= 11 is 0. The topological polar surface area (TPSA) is 63.6 Å². The Hall–Kier alpha value is 0.450. The first-order valence-corrected chi connectivity index (χ1v) is 4.74. The summed E-state index contributed by atoms with van der Waals surface area (Å²) < 4.78 is 26.0. The van der Waals surface area contributed by atoms with E-state index in [-0.39, 0.29) is 54.1 Å². The van der Waals surface area contributed by atoms with Crippen LogP contribution in [0.15, 0.2) is 12.3 Å². The summed E-state index contributed by atoms with van der Waals surface area (Å²) in [5.41, 5.74) is 0. The second-order valence-corrected chi connectivity index (χ2v) is 3.81. The van der Waals surface area contributed by atoms with Gasteiger partial charge in [-0.15, -0.1) is 0 Å². The Morgan fingerprint density at radius 1 is 1.58 bits per heavy atom. The molecule has 0 unspecified atom stereocenters. The van der Waals surface area contributed by atoms with E-state index in [9.17, 15) is 8.42 Å². The standard InChI is InChI=1S/C6H12O4S.Na.H/c1-6(2)10-11(8,9)5-3-4-7;;/h7H,1,3-5H2,2H3;;. The number of hydrogen-bond acceptors (Lipinski definition) is 4. The second-order valence-electron chi connectivity index (χ2n) is 2.12. The summed E-state index contributed by atoms with van der Waals surface area (Å²) in [7, 11) is -3.50. The van der Waals surface area contributed by atoms with Crippen LogP contribution < -0.4 is 0 Å². The third-order valence-electron chi connectivity index (χ3n) is 0.822. The van der Waals surface area contributed by atoms with Crippen molar-refractivity contribution < 1.29 is 17.7 Å². The van der Waals surface area contributed by atoms with Crippen LogP contribution in [0.5, 0.6) is 0 Å². The molecule has 0 radical (unpaired) electrons. The van der Waals surface area contributed by atoms with Gasteiger partial charge in [-0.3, -0.25) is 0 Å². The summed E-state index contributed by atoms with van der Waals surface area (Å²) in [5, 5.41) is 8.32. The Morgan fingerprint density at radius 2 is 2.08 bits per heavy atom. The zero-order valence-electron chi connectivity index (χ0n) is 6.41. The molecule has 0 aliphatic rings. The van der Waals surface area contributed by atoms with Crippen molar-refractivity contribution in [1.82, 2.24) is 0 Å². The summed E-state index contributed by atoms with van der Waals surface area (Å²) in [6.45, 7) is 4.59. The molecule has 0 aromatic carbocycles. The molecule has 0 fully saturated rings. The Labute approximate surface area is 95.0 Å². The summed E-state index contributed by atoms with van der Waals surface area (Å²) in [4.78, 5) is 0.